The van der Waals surface area contributed by atoms with Crippen LogP contribution in [0, 0.1) is 0 Å². The molecule has 0 atom stereocenters. The van der Waals surface area contributed by atoms with Gasteiger partial charge in [0.1, 0.15) is 5.76 Å². The van der Waals surface area contributed by atoms with Crippen molar-refractivity contribution in [3.63, 3.8) is 0 Å². The quantitative estimate of drug-likeness (QED) is 0.432. The topological polar surface area (TPSA) is 56.5 Å². The van der Waals surface area contributed by atoms with Gasteiger partial charge in [0, 0.05) is 12.0 Å². The van der Waals surface area contributed by atoms with E-state index >= 15 is 0 Å². The van der Waals surface area contributed by atoms with Crippen LogP contribution < -0.4 is 0 Å². The first-order valence-electron chi connectivity index (χ1n) is 5.60. The Hall–Kier alpha value is -1.49. The van der Waals surface area contributed by atoms with Gasteiger partial charge in [-0.05, 0) is 25.5 Å². The summed E-state index contributed by atoms with van der Waals surface area (Å²) in [5.74, 6) is 0.907. The van der Waals surface area contributed by atoms with Crippen molar-refractivity contribution in [3.05, 3.63) is 36.3 Å². The second kappa shape index (κ2) is 7.76. The fourth-order valence-electron chi connectivity index (χ4n) is 1.12. The van der Waals surface area contributed by atoms with Gasteiger partial charge in [0.25, 0.3) is 0 Å². The lowest BCUT2D eigenvalue weighted by Gasteiger charge is -2.03. The average Bonchev–Trinajstić information content (AvgIpc) is 2.84. The zero-order valence-corrected chi connectivity index (χ0v) is 11.1. The van der Waals surface area contributed by atoms with E-state index in [1.807, 2.05) is 6.07 Å². The molecule has 1 aromatic heterocycles. The van der Waals surface area contributed by atoms with Crippen molar-refractivity contribution < 1.29 is 18.7 Å². The second-order valence-corrected chi connectivity index (χ2v) is 4.79. The molecule has 0 saturated carbocycles. The molecule has 5 heteroatoms. The summed E-state index contributed by atoms with van der Waals surface area (Å²) in [7, 11) is 0. The Morgan fingerprint density at radius 2 is 2.28 bits per heavy atom. The van der Waals surface area contributed by atoms with Crippen LogP contribution in [-0.4, -0.2) is 17.7 Å². The molecule has 0 bridgehead atoms. The number of esters is 1. The lowest BCUT2D eigenvalue weighted by Crippen LogP contribution is -2.07. The smallest absolute Gasteiger partial charge is 0.333 e. The van der Waals surface area contributed by atoms with E-state index in [2.05, 4.69) is 6.58 Å². The van der Waals surface area contributed by atoms with Crippen molar-refractivity contribution in [1.29, 1.82) is 0 Å². The van der Waals surface area contributed by atoms with Crippen LogP contribution in [0.2, 0.25) is 0 Å². The van der Waals surface area contributed by atoms with Crippen molar-refractivity contribution in [3.8, 4) is 0 Å². The Balaban J connectivity index is 2.07. The van der Waals surface area contributed by atoms with Gasteiger partial charge in [0.2, 0.25) is 0 Å². The Bertz CT molecular complexity index is 409. The number of ether oxygens (including phenoxy) is 1. The van der Waals surface area contributed by atoms with E-state index in [1.54, 1.807) is 19.3 Å². The first kappa shape index (κ1) is 14.6. The molecule has 0 aromatic carbocycles. The summed E-state index contributed by atoms with van der Waals surface area (Å²) in [4.78, 5) is 22.5. The molecular formula is C13H16O4S. The highest BCUT2D eigenvalue weighted by atomic mass is 32.2. The van der Waals surface area contributed by atoms with Crippen LogP contribution in [0.4, 0.5) is 0 Å². The molecule has 1 rings (SSSR count). The third kappa shape index (κ3) is 5.72. The van der Waals surface area contributed by atoms with Crippen LogP contribution in [0.3, 0.4) is 0 Å². The van der Waals surface area contributed by atoms with Gasteiger partial charge >= 0.3 is 5.97 Å². The number of carbonyl (C=O) groups excluding carboxylic acids is 2. The number of carbonyl (C=O) groups is 2. The van der Waals surface area contributed by atoms with E-state index in [0.29, 0.717) is 24.2 Å². The molecule has 0 N–H and O–H groups in total. The zero-order valence-electron chi connectivity index (χ0n) is 10.3. The van der Waals surface area contributed by atoms with Crippen molar-refractivity contribution in [2.75, 3.05) is 6.61 Å². The molecule has 0 aliphatic carbocycles. The van der Waals surface area contributed by atoms with Gasteiger partial charge in [-0.15, -0.1) is 0 Å². The zero-order chi connectivity index (χ0) is 13.4. The van der Waals surface area contributed by atoms with Crippen LogP contribution in [0.15, 0.2) is 35.0 Å². The maximum Gasteiger partial charge on any atom is 0.333 e. The van der Waals surface area contributed by atoms with E-state index in [4.69, 9.17) is 9.15 Å². The Labute approximate surface area is 110 Å². The molecule has 0 radical (unpaired) electrons. The molecule has 0 spiro atoms. The summed E-state index contributed by atoms with van der Waals surface area (Å²) in [6.07, 6.45) is 2.50. The minimum absolute atomic E-state index is 0.0674. The van der Waals surface area contributed by atoms with Crippen molar-refractivity contribution in [1.82, 2.24) is 0 Å². The molecule has 0 aliphatic heterocycles. The fourth-order valence-corrected chi connectivity index (χ4v) is 1.88. The summed E-state index contributed by atoms with van der Waals surface area (Å²) >= 11 is 1.21. The number of hydrogen-bond acceptors (Lipinski definition) is 5. The molecule has 0 fully saturated rings. The van der Waals surface area contributed by atoms with E-state index in [-0.39, 0.29) is 11.7 Å². The van der Waals surface area contributed by atoms with E-state index in [9.17, 15) is 9.59 Å². The summed E-state index contributed by atoms with van der Waals surface area (Å²) in [5.41, 5.74) is 0.369. The number of furan rings is 1. The summed E-state index contributed by atoms with van der Waals surface area (Å²) in [6.45, 7) is 5.31. The summed E-state index contributed by atoms with van der Waals surface area (Å²) < 4.78 is 10.0. The average molecular weight is 268 g/mol. The molecule has 0 saturated heterocycles. The van der Waals surface area contributed by atoms with Crippen LogP contribution in [0.1, 0.15) is 25.5 Å². The van der Waals surface area contributed by atoms with Gasteiger partial charge in [0.05, 0.1) is 18.6 Å². The lowest BCUT2D eigenvalue weighted by atomic mass is 10.3. The van der Waals surface area contributed by atoms with Crippen LogP contribution in [0.5, 0.6) is 0 Å². The van der Waals surface area contributed by atoms with Crippen molar-refractivity contribution in [2.24, 2.45) is 0 Å². The minimum atomic E-state index is -0.411. The van der Waals surface area contributed by atoms with Crippen molar-refractivity contribution in [2.45, 2.75) is 25.5 Å². The normalized spacial score (nSPS) is 10.1. The van der Waals surface area contributed by atoms with Gasteiger partial charge < -0.3 is 9.15 Å². The SMILES string of the molecule is C=C(C)C(=O)OCCCC(=O)SCc1ccco1. The van der Waals surface area contributed by atoms with E-state index in [0.717, 1.165) is 5.76 Å². The molecule has 0 aliphatic rings. The molecule has 98 valence electrons. The van der Waals surface area contributed by atoms with Crippen LogP contribution >= 0.6 is 11.8 Å². The lowest BCUT2D eigenvalue weighted by molar-refractivity contribution is -0.139. The number of thioether (sulfide) groups is 1. The first-order valence-corrected chi connectivity index (χ1v) is 6.59. The third-order valence-corrected chi connectivity index (χ3v) is 3.02. The molecule has 1 aromatic rings. The van der Waals surface area contributed by atoms with Gasteiger partial charge in [-0.3, -0.25) is 4.79 Å². The summed E-state index contributed by atoms with van der Waals surface area (Å²) in [6, 6.07) is 3.62. The maximum absolute atomic E-state index is 11.5. The fraction of sp³-hybridized carbons (Fsp3) is 0.385. The first-order chi connectivity index (χ1) is 8.59. The van der Waals surface area contributed by atoms with Crippen LogP contribution in [-0.2, 0) is 20.1 Å². The highest BCUT2D eigenvalue weighted by Crippen LogP contribution is 2.15. The van der Waals surface area contributed by atoms with E-state index < -0.39 is 5.97 Å². The number of rotatable bonds is 7. The van der Waals surface area contributed by atoms with Gasteiger partial charge in [-0.25, -0.2) is 4.79 Å². The summed E-state index contributed by atoms with van der Waals surface area (Å²) in [5, 5.41) is 0.0674. The predicted octanol–water partition coefficient (Wildman–Crippen LogP) is 2.94. The third-order valence-electron chi connectivity index (χ3n) is 2.06. The second-order valence-electron chi connectivity index (χ2n) is 3.76. The monoisotopic (exact) mass is 268 g/mol. The standard InChI is InChI=1S/C13H16O4S/c1-10(2)13(15)17-8-4-6-12(14)18-9-11-5-3-7-16-11/h3,5,7H,1,4,6,8-9H2,2H3. The highest BCUT2D eigenvalue weighted by Gasteiger charge is 2.06. The van der Waals surface area contributed by atoms with Crippen molar-refractivity contribution >= 4 is 22.8 Å². The minimum Gasteiger partial charge on any atom is -0.468 e. The van der Waals surface area contributed by atoms with Gasteiger partial charge in [0.15, 0.2) is 5.12 Å². The van der Waals surface area contributed by atoms with Gasteiger partial charge in [-0.1, -0.05) is 18.3 Å². The maximum atomic E-state index is 11.5. The molecule has 0 unspecified atom stereocenters. The van der Waals surface area contributed by atoms with Crippen LogP contribution in [0.25, 0.3) is 0 Å². The highest BCUT2D eigenvalue weighted by molar-refractivity contribution is 8.12. The van der Waals surface area contributed by atoms with E-state index in [1.165, 1.54) is 11.8 Å². The Morgan fingerprint density at radius 3 is 2.89 bits per heavy atom. The molecule has 18 heavy (non-hydrogen) atoms. The Kier molecular flexibility index (Phi) is 6.28. The number of hydrogen-bond donors (Lipinski definition) is 0. The largest absolute Gasteiger partial charge is 0.468 e. The predicted molar refractivity (Wildman–Crippen MR) is 70.0 cm³/mol. The molecule has 1 heterocycles. The molecule has 0 amide bonds. The van der Waals surface area contributed by atoms with Gasteiger partial charge in [-0.2, -0.15) is 0 Å². The molecule has 4 nitrogen and oxygen atoms in total. The Morgan fingerprint density at radius 1 is 1.50 bits per heavy atom. The molecular weight excluding hydrogens is 252 g/mol.